The van der Waals surface area contributed by atoms with Crippen LogP contribution < -0.4 is 77.3 Å². The van der Waals surface area contributed by atoms with E-state index in [9.17, 15) is 85.9 Å². The Balaban J connectivity index is 0.954. The summed E-state index contributed by atoms with van der Waals surface area (Å²) in [6, 6.07) is 15.0. The molecule has 9 heterocycles. The van der Waals surface area contributed by atoms with Gasteiger partial charge in [-0.05, 0) is 147 Å². The molecule has 9 aromatic carbocycles. The summed E-state index contributed by atoms with van der Waals surface area (Å²) in [7, 11) is 0. The van der Waals surface area contributed by atoms with E-state index in [4.69, 9.17) is 83.2 Å². The Kier molecular flexibility index (Phi) is 28.9. The van der Waals surface area contributed by atoms with Gasteiger partial charge in [0.1, 0.15) is 162 Å². The van der Waals surface area contributed by atoms with Crippen molar-refractivity contribution in [3.8, 4) is 91.2 Å². The minimum atomic E-state index is -2.56. The van der Waals surface area contributed by atoms with Crippen LogP contribution in [0.4, 0.5) is 0 Å². The zero-order chi connectivity index (χ0) is 98.4. The molecule has 18 rings (SSSR count). The topological polar surface area (TPSA) is 654 Å². The van der Waals surface area contributed by atoms with Gasteiger partial charge >= 0.3 is 0 Å². The van der Waals surface area contributed by atoms with Crippen molar-refractivity contribution in [1.82, 2.24) is 47.9 Å². The average molecular weight is 1970 g/mol. The summed E-state index contributed by atoms with van der Waals surface area (Å²) in [5, 5.41) is 184. The summed E-state index contributed by atoms with van der Waals surface area (Å²) in [5.74, 6) is -18.6. The van der Waals surface area contributed by atoms with E-state index >= 15 is 28.8 Å². The van der Waals surface area contributed by atoms with Gasteiger partial charge in [0.2, 0.25) is 71.5 Å². The summed E-state index contributed by atoms with van der Waals surface area (Å²) in [6.45, 7) is -1.52. The maximum atomic E-state index is 17.1. The van der Waals surface area contributed by atoms with Crippen molar-refractivity contribution in [1.29, 1.82) is 0 Å². The lowest BCUT2D eigenvalue weighted by molar-refractivity contribution is -0.284. The lowest BCUT2D eigenvalue weighted by atomic mass is 9.89. The SMILES string of the molecule is CC(=O)N[C@@H]1[C@H](Oc2c3cc4cc2Oc2ccc(cc2Cl)[C@@H](O[C@@H]2O[C@@H](CO)[C@@H](O)[C@H](O)[C@@H]2NC(C)=O)[C@@H]2NC(=O)[C@H](NC(=O)[C@@H]4NC(=O)[C@H]4NC(=O)[C@@H](Cc5ccc(c(Cl)c5)O3)NC(=O)[C@H](N)c3ccc(O)c(c3)Oc3cc(O)cc4c3)c3ccc(O)c(c3)-c3c(O[C@H]4O[C@H](CO)[C@@H](O)[C@@H](O)[C@@H]4O)cc(O)cc3[C@@H](C(=O)NCc3ccc(-c4ccc(Cl)cc4)cc3)NC2=O)O[C@@H](CO)[C@@H](O)[C@@H]1O. The summed E-state index contributed by atoms with van der Waals surface area (Å²) in [4.78, 5) is 140. The van der Waals surface area contributed by atoms with Crippen molar-refractivity contribution in [3.05, 3.63) is 223 Å². The Morgan fingerprint density at radius 3 is 1.60 bits per heavy atom. The molecule has 23 atom stereocenters. The molecule has 0 unspecified atom stereocenters. The van der Waals surface area contributed by atoms with Crippen LogP contribution in [0.1, 0.15) is 94.7 Å². The third-order valence-electron chi connectivity index (χ3n) is 24.1. The number of hydrogen-bond acceptors (Lipinski definition) is 33. The lowest BCUT2D eigenvalue weighted by Gasteiger charge is -2.44. The van der Waals surface area contributed by atoms with Gasteiger partial charge in [-0.2, -0.15) is 0 Å². The molecule has 3 fully saturated rings. The third-order valence-corrected chi connectivity index (χ3v) is 24.9. The molecule has 17 bridgehead atoms. The number of hydrogen-bond donors (Lipinski definition) is 24. The van der Waals surface area contributed by atoms with Crippen LogP contribution in [0.25, 0.3) is 22.3 Å². The number of rotatable bonds is 15. The molecule has 138 heavy (non-hydrogen) atoms. The highest BCUT2D eigenvalue weighted by Crippen LogP contribution is 2.51. The zero-order valence-electron chi connectivity index (χ0n) is 72.2. The van der Waals surface area contributed by atoms with Gasteiger partial charge in [-0.25, -0.2) is 0 Å². The number of halogens is 3. The minimum absolute atomic E-state index is 0.0256. The van der Waals surface area contributed by atoms with Crippen molar-refractivity contribution < 1.29 is 157 Å². The Hall–Kier alpha value is -13.3. The second-order valence-electron chi connectivity index (χ2n) is 33.6. The van der Waals surface area contributed by atoms with Gasteiger partial charge in [-0.1, -0.05) is 95.5 Å². The second kappa shape index (κ2) is 40.8. The minimum Gasteiger partial charge on any atom is -0.508 e. The predicted octanol–water partition coefficient (Wildman–Crippen LogP) is 1.60. The first kappa shape index (κ1) is 97.8. The number of phenolic OH excluding ortho intramolecular Hbond substituents is 4. The molecule has 9 aliphatic rings. The third kappa shape index (κ3) is 20.5. The molecule has 9 aliphatic heterocycles. The van der Waals surface area contributed by atoms with Crippen LogP contribution in [0.15, 0.2) is 164 Å². The normalized spacial score (nSPS) is 28.0. The molecule has 726 valence electrons. The first-order valence-electron chi connectivity index (χ1n) is 42.9. The molecule has 9 amide bonds. The number of carbonyl (C=O) groups is 9. The second-order valence-corrected chi connectivity index (χ2v) is 34.8. The number of aliphatic hydroxyl groups is 10. The number of amides is 9. The summed E-state index contributed by atoms with van der Waals surface area (Å²) in [5.41, 5.74) is 5.04. The van der Waals surface area contributed by atoms with Crippen LogP contribution in [0.5, 0.6) is 69.0 Å². The Morgan fingerprint density at radius 2 is 0.986 bits per heavy atom. The fourth-order valence-corrected chi connectivity index (χ4v) is 17.6. The van der Waals surface area contributed by atoms with E-state index in [1.165, 1.54) is 30.3 Å². The van der Waals surface area contributed by atoms with E-state index in [0.29, 0.717) is 16.1 Å². The Morgan fingerprint density at radius 1 is 0.457 bits per heavy atom. The standard InChI is InChI=1S/C93H91Cl3N10O32/c1-35(110)99-72-78(119)75(116)63(32-107)134-91(72)137-82-43-12-18-58(53(96)24-43)132-62-27-45-26-61(83(62)138-92-73(100-36(2)111)79(120)76(117)64(33-108)135-92)131-57-17-5-38(19-52(57)95)20-54-84(123)102-69(44-21-47(112)28-49(22-44)130-59-25-41(10-16-56(59)115)67(97)85(124)101-54)88(127)104-70(45)89(128)103-68-42-11-15-55(114)50(23-42)66-51(29-48(113)30-60(66)133-93-81(122)80(121)77(118)65(34-109)136-93)71(105-90(129)74(82)106-87(68)126)86(125)98-31-37-3-6-39(7-4-37)40-8-13-46(94)14-9-40/h3-19,21-30,54,63-65,67-82,91-93,107-109,112-122H,20,31-34,97H2,1-2H3,(H,98,125)(H,99,110)(H,100,111)(H,101,124)(H,102,123)(H,103,128)(H,104,127)(H,105,129)(H,106,126)/t54-,63+,64+,65-,67-,68-,69+,70-,71+,72+,73+,74+,75-,76-,77-,78-,79-,80-,81+,82-,91+,92+,93+/m1/s1. The molecule has 0 aromatic heterocycles. The highest BCUT2D eigenvalue weighted by molar-refractivity contribution is 6.32. The summed E-state index contributed by atoms with van der Waals surface area (Å²) >= 11 is 21.0. The van der Waals surface area contributed by atoms with Gasteiger partial charge in [-0.15, -0.1) is 0 Å². The van der Waals surface area contributed by atoms with Crippen LogP contribution in [0.2, 0.25) is 15.1 Å². The van der Waals surface area contributed by atoms with E-state index < -0.39 is 316 Å². The fraction of sp³-hybridized carbons (Fsp3) is 0.323. The number of phenols is 4. The number of carbonyl (C=O) groups excluding carboxylic acids is 9. The lowest BCUT2D eigenvalue weighted by Crippen LogP contribution is -2.65. The van der Waals surface area contributed by atoms with Crippen LogP contribution in [-0.4, -0.2) is 249 Å². The maximum absolute atomic E-state index is 17.1. The van der Waals surface area contributed by atoms with E-state index in [0.717, 1.165) is 104 Å². The Labute approximate surface area is 796 Å². The molecular formula is C93H91Cl3N10O32. The van der Waals surface area contributed by atoms with Crippen LogP contribution in [0, 0.1) is 0 Å². The molecule has 0 aliphatic carbocycles. The molecule has 3 saturated heterocycles. The van der Waals surface area contributed by atoms with Crippen LogP contribution in [-0.2, 0) is 75.1 Å². The summed E-state index contributed by atoms with van der Waals surface area (Å²) < 4.78 is 57.8. The quantitative estimate of drug-likeness (QED) is 0.0693. The molecule has 0 saturated carbocycles. The van der Waals surface area contributed by atoms with Crippen LogP contribution in [0.3, 0.4) is 0 Å². The Bertz CT molecular complexity index is 6230. The molecule has 0 radical (unpaired) electrons. The fourth-order valence-electron chi connectivity index (χ4n) is 17.0. The number of aliphatic hydroxyl groups excluding tert-OH is 10. The van der Waals surface area contributed by atoms with Crippen molar-refractivity contribution in [2.45, 2.75) is 167 Å². The van der Waals surface area contributed by atoms with Crippen LogP contribution >= 0.6 is 34.8 Å². The molecule has 45 heteroatoms. The van der Waals surface area contributed by atoms with Gasteiger partial charge < -0.3 is 168 Å². The average Bonchev–Trinajstić information content (AvgIpc) is 0.759. The first-order valence-corrected chi connectivity index (χ1v) is 44.0. The number of aromatic hydroxyl groups is 4. The molecular weight excluding hydrogens is 1880 g/mol. The van der Waals surface area contributed by atoms with Gasteiger partial charge in [0, 0.05) is 55.1 Å². The first-order chi connectivity index (χ1) is 65.9. The highest BCUT2D eigenvalue weighted by atomic mass is 35.5. The number of ether oxygens (including phenoxy) is 9. The van der Waals surface area contributed by atoms with Gasteiger partial charge in [-0.3, -0.25) is 43.2 Å². The number of benzene rings is 9. The van der Waals surface area contributed by atoms with Crippen molar-refractivity contribution in [2.24, 2.45) is 5.73 Å². The molecule has 25 N–H and O–H groups in total. The molecule has 9 aromatic rings. The van der Waals surface area contributed by atoms with E-state index in [1.807, 2.05) is 0 Å². The van der Waals surface area contributed by atoms with Crippen molar-refractivity contribution in [2.75, 3.05) is 19.8 Å². The van der Waals surface area contributed by atoms with Crippen molar-refractivity contribution in [3.63, 3.8) is 0 Å². The smallest absolute Gasteiger partial charge is 0.248 e. The largest absolute Gasteiger partial charge is 0.508 e. The molecule has 42 nitrogen and oxygen atoms in total. The van der Waals surface area contributed by atoms with Gasteiger partial charge in [0.05, 0.1) is 29.9 Å². The van der Waals surface area contributed by atoms with Gasteiger partial charge in [0.15, 0.2) is 29.3 Å². The van der Waals surface area contributed by atoms with E-state index in [1.54, 1.807) is 48.5 Å². The number of nitrogens with one attached hydrogen (secondary N) is 9. The number of fused-ring (bicyclic) bond motifs is 14. The molecule has 0 spiro atoms. The van der Waals surface area contributed by atoms with E-state index in [2.05, 4.69) is 47.9 Å². The van der Waals surface area contributed by atoms with E-state index in [-0.39, 0.29) is 39.0 Å². The summed E-state index contributed by atoms with van der Waals surface area (Å²) in [6.07, 6.45) is -29.2. The monoisotopic (exact) mass is 1960 g/mol. The highest BCUT2D eigenvalue weighted by Gasteiger charge is 2.52. The maximum Gasteiger partial charge on any atom is 0.248 e. The predicted molar refractivity (Wildman–Crippen MR) is 477 cm³/mol. The number of nitrogens with two attached hydrogens (primary N) is 1. The van der Waals surface area contributed by atoms with Gasteiger partial charge in [0.25, 0.3) is 0 Å². The van der Waals surface area contributed by atoms with Crippen molar-refractivity contribution >= 4 is 88.0 Å². The zero-order valence-corrected chi connectivity index (χ0v) is 74.5.